The first-order chi connectivity index (χ1) is 9.19. The van der Waals surface area contributed by atoms with Crippen molar-refractivity contribution in [2.24, 2.45) is 5.73 Å². The first kappa shape index (κ1) is 14.7. The van der Waals surface area contributed by atoms with E-state index >= 15 is 0 Å². The van der Waals surface area contributed by atoms with Crippen LogP contribution >= 0.6 is 11.3 Å². The molecule has 108 valence electrons. The van der Waals surface area contributed by atoms with Crippen LogP contribution in [0, 0.1) is 0 Å². The largest absolute Gasteiger partial charge is 0.378 e. The van der Waals surface area contributed by atoms with Gasteiger partial charge in [-0.2, -0.15) is 0 Å². The monoisotopic (exact) mass is 284 g/mol. The van der Waals surface area contributed by atoms with E-state index in [0.717, 1.165) is 35.3 Å². The summed E-state index contributed by atoms with van der Waals surface area (Å²) in [6.45, 7) is 6.52. The van der Waals surface area contributed by atoms with E-state index in [1.165, 1.54) is 6.42 Å². The Balaban J connectivity index is 2.13. The van der Waals surface area contributed by atoms with Crippen LogP contribution in [0.2, 0.25) is 0 Å². The first-order valence-corrected chi connectivity index (χ1v) is 7.64. The van der Waals surface area contributed by atoms with Gasteiger partial charge in [0.2, 0.25) is 0 Å². The lowest BCUT2D eigenvalue weighted by Gasteiger charge is -2.39. The number of nitrogens with two attached hydrogens (primary N) is 1. The SMILES string of the molecule is CCC1CN(c2nc(COC)c(CN)s2)CCN1C. The van der Waals surface area contributed by atoms with E-state index in [1.807, 2.05) is 0 Å². The molecule has 0 aliphatic carbocycles. The van der Waals surface area contributed by atoms with E-state index < -0.39 is 0 Å². The summed E-state index contributed by atoms with van der Waals surface area (Å²) in [6, 6.07) is 0.616. The molecule has 2 N–H and O–H groups in total. The number of hydrogen-bond acceptors (Lipinski definition) is 6. The van der Waals surface area contributed by atoms with E-state index in [9.17, 15) is 0 Å². The van der Waals surface area contributed by atoms with E-state index in [-0.39, 0.29) is 0 Å². The zero-order valence-electron chi connectivity index (χ0n) is 12.1. The van der Waals surface area contributed by atoms with E-state index in [1.54, 1.807) is 18.4 Å². The molecule has 0 saturated carbocycles. The van der Waals surface area contributed by atoms with Gasteiger partial charge < -0.3 is 15.4 Å². The number of piperazine rings is 1. The van der Waals surface area contributed by atoms with Gasteiger partial charge in [0, 0.05) is 44.2 Å². The molecule has 0 bridgehead atoms. The Kier molecular flexibility index (Phi) is 5.15. The second-order valence-electron chi connectivity index (χ2n) is 4.99. The highest BCUT2D eigenvalue weighted by atomic mass is 32.1. The lowest BCUT2D eigenvalue weighted by atomic mass is 10.1. The third-order valence-electron chi connectivity index (χ3n) is 3.75. The fourth-order valence-corrected chi connectivity index (χ4v) is 3.45. The molecule has 1 saturated heterocycles. The first-order valence-electron chi connectivity index (χ1n) is 6.82. The fourth-order valence-electron chi connectivity index (χ4n) is 2.47. The van der Waals surface area contributed by atoms with Crippen molar-refractivity contribution in [3.8, 4) is 0 Å². The summed E-state index contributed by atoms with van der Waals surface area (Å²) in [7, 11) is 3.90. The number of hydrogen-bond donors (Lipinski definition) is 1. The summed E-state index contributed by atoms with van der Waals surface area (Å²) in [6.07, 6.45) is 1.17. The minimum atomic E-state index is 0.543. The van der Waals surface area contributed by atoms with Crippen molar-refractivity contribution >= 4 is 16.5 Å². The van der Waals surface area contributed by atoms with Gasteiger partial charge in [-0.15, -0.1) is 11.3 Å². The zero-order chi connectivity index (χ0) is 13.8. The van der Waals surface area contributed by atoms with Crippen LogP contribution in [0.3, 0.4) is 0 Å². The number of likely N-dealkylation sites (N-methyl/N-ethyl adjacent to an activating group) is 1. The highest BCUT2D eigenvalue weighted by molar-refractivity contribution is 7.15. The molecular formula is C13H24N4OS. The number of anilines is 1. The Morgan fingerprint density at radius 1 is 1.47 bits per heavy atom. The number of rotatable bonds is 5. The highest BCUT2D eigenvalue weighted by Crippen LogP contribution is 2.28. The average molecular weight is 284 g/mol. The summed E-state index contributed by atoms with van der Waals surface area (Å²) in [5.41, 5.74) is 6.78. The third kappa shape index (κ3) is 3.25. The molecule has 0 amide bonds. The molecule has 6 heteroatoms. The van der Waals surface area contributed by atoms with Gasteiger partial charge in [-0.25, -0.2) is 4.98 Å². The van der Waals surface area contributed by atoms with Crippen molar-refractivity contribution in [3.63, 3.8) is 0 Å². The summed E-state index contributed by atoms with van der Waals surface area (Å²) in [5, 5.41) is 1.10. The van der Waals surface area contributed by atoms with Crippen LogP contribution in [0.25, 0.3) is 0 Å². The molecule has 1 aliphatic heterocycles. The average Bonchev–Trinajstić information content (AvgIpc) is 2.83. The van der Waals surface area contributed by atoms with Gasteiger partial charge in [-0.05, 0) is 13.5 Å². The minimum absolute atomic E-state index is 0.543. The number of aromatic nitrogens is 1. The molecule has 1 unspecified atom stereocenters. The summed E-state index contributed by atoms with van der Waals surface area (Å²) >= 11 is 1.71. The minimum Gasteiger partial charge on any atom is -0.378 e. The molecule has 1 aromatic heterocycles. The second-order valence-corrected chi connectivity index (χ2v) is 6.05. The Morgan fingerprint density at radius 3 is 2.89 bits per heavy atom. The fraction of sp³-hybridized carbons (Fsp3) is 0.769. The Hall–Kier alpha value is -0.690. The second kappa shape index (κ2) is 6.65. The number of ether oxygens (including phenoxy) is 1. The quantitative estimate of drug-likeness (QED) is 0.883. The summed E-state index contributed by atoms with van der Waals surface area (Å²) < 4.78 is 5.19. The molecule has 19 heavy (non-hydrogen) atoms. The Morgan fingerprint density at radius 2 is 2.26 bits per heavy atom. The van der Waals surface area contributed by atoms with Gasteiger partial charge >= 0.3 is 0 Å². The van der Waals surface area contributed by atoms with Crippen LogP contribution < -0.4 is 10.6 Å². The predicted octanol–water partition coefficient (Wildman–Crippen LogP) is 1.28. The molecule has 0 spiro atoms. The topological polar surface area (TPSA) is 54.6 Å². The van der Waals surface area contributed by atoms with Gasteiger partial charge in [-0.1, -0.05) is 6.92 Å². The predicted molar refractivity (Wildman–Crippen MR) is 79.6 cm³/mol. The maximum atomic E-state index is 5.79. The van der Waals surface area contributed by atoms with Gasteiger partial charge in [0.25, 0.3) is 0 Å². The van der Waals surface area contributed by atoms with Gasteiger partial charge in [-0.3, -0.25) is 4.90 Å². The van der Waals surface area contributed by atoms with Crippen molar-refractivity contribution in [2.45, 2.75) is 32.5 Å². The summed E-state index contributed by atoms with van der Waals surface area (Å²) in [4.78, 5) is 10.7. The van der Waals surface area contributed by atoms with Crippen molar-refractivity contribution in [1.82, 2.24) is 9.88 Å². The molecule has 2 rings (SSSR count). The maximum Gasteiger partial charge on any atom is 0.186 e. The summed E-state index contributed by atoms with van der Waals surface area (Å²) in [5.74, 6) is 0. The molecule has 0 radical (unpaired) electrons. The molecule has 5 nitrogen and oxygen atoms in total. The van der Waals surface area contributed by atoms with Crippen LogP contribution in [0.5, 0.6) is 0 Å². The van der Waals surface area contributed by atoms with Crippen LogP contribution in [0.1, 0.15) is 23.9 Å². The van der Waals surface area contributed by atoms with Crippen molar-refractivity contribution < 1.29 is 4.74 Å². The molecular weight excluding hydrogens is 260 g/mol. The Labute approximate surface area is 119 Å². The highest BCUT2D eigenvalue weighted by Gasteiger charge is 2.25. The van der Waals surface area contributed by atoms with Crippen LogP contribution in [0.15, 0.2) is 0 Å². The van der Waals surface area contributed by atoms with Crippen molar-refractivity contribution in [2.75, 3.05) is 38.7 Å². The normalized spacial score (nSPS) is 21.1. The molecule has 1 atom stereocenters. The number of nitrogens with zero attached hydrogens (tertiary/aromatic N) is 3. The molecule has 1 fully saturated rings. The maximum absolute atomic E-state index is 5.79. The lowest BCUT2D eigenvalue weighted by Crippen LogP contribution is -2.51. The van der Waals surface area contributed by atoms with Gasteiger partial charge in [0.15, 0.2) is 5.13 Å². The smallest absolute Gasteiger partial charge is 0.186 e. The standard InChI is InChI=1S/C13H24N4OS/c1-4-10-8-17(6-5-16(10)2)13-15-11(9-18-3)12(7-14)19-13/h10H,4-9,14H2,1-3H3. The van der Waals surface area contributed by atoms with Crippen LogP contribution in [0.4, 0.5) is 5.13 Å². The van der Waals surface area contributed by atoms with Gasteiger partial charge in [0.1, 0.15) is 0 Å². The van der Waals surface area contributed by atoms with Crippen LogP contribution in [-0.2, 0) is 17.9 Å². The molecule has 0 aromatic carbocycles. The number of methoxy groups -OCH3 is 1. The molecule has 1 aliphatic rings. The zero-order valence-corrected chi connectivity index (χ0v) is 12.9. The van der Waals surface area contributed by atoms with E-state index in [0.29, 0.717) is 19.2 Å². The lowest BCUT2D eigenvalue weighted by molar-refractivity contribution is 0.181. The van der Waals surface area contributed by atoms with E-state index in [4.69, 9.17) is 15.5 Å². The Bertz CT molecular complexity index is 409. The third-order valence-corrected chi connectivity index (χ3v) is 4.93. The van der Waals surface area contributed by atoms with E-state index in [2.05, 4.69) is 23.8 Å². The molecule has 1 aromatic rings. The van der Waals surface area contributed by atoms with Crippen LogP contribution in [-0.4, -0.2) is 49.7 Å². The van der Waals surface area contributed by atoms with Crippen molar-refractivity contribution in [1.29, 1.82) is 0 Å². The number of thiazole rings is 1. The van der Waals surface area contributed by atoms with Gasteiger partial charge in [0.05, 0.1) is 12.3 Å². The molecule has 2 heterocycles. The van der Waals surface area contributed by atoms with Crippen molar-refractivity contribution in [3.05, 3.63) is 10.6 Å².